The number of hydrogen-bond donors (Lipinski definition) is 2. The Morgan fingerprint density at radius 1 is 0.615 bits per heavy atom. The monoisotopic (exact) mass is 372 g/mol. The third-order valence-electron chi connectivity index (χ3n) is 4.83. The number of hydrogen-bond acceptors (Lipinski definition) is 2. The van der Waals surface area contributed by atoms with E-state index in [0.29, 0.717) is 6.42 Å². The molecule has 0 bridgehead atoms. The molecule has 0 aliphatic heterocycles. The fourth-order valence-corrected chi connectivity index (χ4v) is 2.93. The summed E-state index contributed by atoms with van der Waals surface area (Å²) in [5, 5.41) is 16.9. The summed E-state index contributed by atoms with van der Waals surface area (Å²) in [6.45, 7) is 6.04. The van der Waals surface area contributed by atoms with E-state index in [9.17, 15) is 9.59 Å². The third kappa shape index (κ3) is 22.9. The number of rotatable bonds is 17. The molecule has 0 aliphatic rings. The number of aliphatic carboxylic acids is 2. The van der Waals surface area contributed by atoms with Gasteiger partial charge in [0, 0.05) is 6.42 Å². The summed E-state index contributed by atoms with van der Waals surface area (Å²) in [6, 6.07) is 0. The largest absolute Gasteiger partial charge is 0.481 e. The molecule has 26 heavy (non-hydrogen) atoms. The topological polar surface area (TPSA) is 74.6 Å². The van der Waals surface area contributed by atoms with Crippen molar-refractivity contribution >= 4 is 11.9 Å². The fraction of sp³-hybridized carbons (Fsp3) is 0.909. The number of carbonyl (C=O) groups is 2. The molecule has 0 heterocycles. The van der Waals surface area contributed by atoms with E-state index in [1.807, 2.05) is 13.8 Å². The van der Waals surface area contributed by atoms with Crippen molar-refractivity contribution < 1.29 is 19.8 Å². The predicted molar refractivity (Wildman–Crippen MR) is 110 cm³/mol. The molecule has 0 fully saturated rings. The fourth-order valence-electron chi connectivity index (χ4n) is 2.93. The molecule has 0 spiro atoms. The first kappa shape index (κ1) is 27.2. The van der Waals surface area contributed by atoms with Crippen molar-refractivity contribution in [3.8, 4) is 0 Å². The van der Waals surface area contributed by atoms with Crippen LogP contribution in [0.5, 0.6) is 0 Å². The maximum absolute atomic E-state index is 10.3. The molecule has 0 aromatic carbocycles. The van der Waals surface area contributed by atoms with Gasteiger partial charge in [-0.25, -0.2) is 0 Å². The standard InChI is InChI=1S/C16H32O2.C6H12O2/c1-2-3-4-5-6-7-8-9-10-11-12-13-14-15-16(17)18;1-3-5(4-2)6(7)8/h2-15H2,1H3,(H,17,18);5H,3-4H2,1-2H3,(H,7,8). The highest BCUT2D eigenvalue weighted by atomic mass is 16.4. The Morgan fingerprint density at radius 3 is 1.19 bits per heavy atom. The van der Waals surface area contributed by atoms with Crippen molar-refractivity contribution in [2.75, 3.05) is 0 Å². The van der Waals surface area contributed by atoms with Crippen LogP contribution >= 0.6 is 0 Å². The summed E-state index contributed by atoms with van der Waals surface area (Å²) < 4.78 is 0. The van der Waals surface area contributed by atoms with Crippen molar-refractivity contribution in [1.29, 1.82) is 0 Å². The highest BCUT2D eigenvalue weighted by Crippen LogP contribution is 2.12. The van der Waals surface area contributed by atoms with Gasteiger partial charge >= 0.3 is 11.9 Å². The van der Waals surface area contributed by atoms with Crippen LogP contribution in [-0.2, 0) is 9.59 Å². The second-order valence-electron chi connectivity index (χ2n) is 7.24. The second kappa shape index (κ2) is 22.0. The average molecular weight is 373 g/mol. The molecule has 4 nitrogen and oxygen atoms in total. The van der Waals surface area contributed by atoms with E-state index in [0.717, 1.165) is 25.7 Å². The third-order valence-corrected chi connectivity index (χ3v) is 4.83. The Bertz CT molecular complexity index is 311. The summed E-state index contributed by atoms with van der Waals surface area (Å²) >= 11 is 0. The van der Waals surface area contributed by atoms with Crippen molar-refractivity contribution in [2.24, 2.45) is 5.92 Å². The van der Waals surface area contributed by atoms with E-state index >= 15 is 0 Å². The maximum Gasteiger partial charge on any atom is 0.306 e. The summed E-state index contributed by atoms with van der Waals surface area (Å²) in [5.41, 5.74) is 0. The molecule has 0 aromatic rings. The second-order valence-corrected chi connectivity index (χ2v) is 7.24. The van der Waals surface area contributed by atoms with E-state index in [-0.39, 0.29) is 5.92 Å². The minimum absolute atomic E-state index is 0.130. The molecule has 2 N–H and O–H groups in total. The van der Waals surface area contributed by atoms with Crippen molar-refractivity contribution in [1.82, 2.24) is 0 Å². The van der Waals surface area contributed by atoms with Crippen LogP contribution in [0, 0.1) is 5.92 Å². The summed E-state index contributed by atoms with van der Waals surface area (Å²) in [5.74, 6) is -1.46. The van der Waals surface area contributed by atoms with Gasteiger partial charge in [-0.1, -0.05) is 97.8 Å². The van der Waals surface area contributed by atoms with Gasteiger partial charge in [0.2, 0.25) is 0 Å². The van der Waals surface area contributed by atoms with E-state index in [2.05, 4.69) is 6.92 Å². The minimum atomic E-state index is -0.671. The zero-order valence-corrected chi connectivity index (χ0v) is 17.6. The maximum atomic E-state index is 10.3. The highest BCUT2D eigenvalue weighted by Gasteiger charge is 2.10. The molecule has 0 radical (unpaired) electrons. The Morgan fingerprint density at radius 2 is 0.962 bits per heavy atom. The van der Waals surface area contributed by atoms with Crippen LogP contribution < -0.4 is 0 Å². The number of carboxylic acids is 2. The van der Waals surface area contributed by atoms with Gasteiger partial charge in [-0.2, -0.15) is 0 Å². The quantitative estimate of drug-likeness (QED) is 0.268. The van der Waals surface area contributed by atoms with Crippen LogP contribution in [0.1, 0.15) is 124 Å². The zero-order valence-electron chi connectivity index (χ0n) is 17.6. The first-order valence-corrected chi connectivity index (χ1v) is 10.9. The molecule has 0 rings (SSSR count). The molecular weight excluding hydrogens is 328 g/mol. The first-order valence-electron chi connectivity index (χ1n) is 10.9. The average Bonchev–Trinajstić information content (AvgIpc) is 2.60. The van der Waals surface area contributed by atoms with Crippen LogP contribution in [-0.4, -0.2) is 22.2 Å². The van der Waals surface area contributed by atoms with Crippen molar-refractivity contribution in [3.63, 3.8) is 0 Å². The van der Waals surface area contributed by atoms with Gasteiger partial charge < -0.3 is 10.2 Å². The van der Waals surface area contributed by atoms with Gasteiger partial charge in [0.1, 0.15) is 0 Å². The Hall–Kier alpha value is -1.06. The van der Waals surface area contributed by atoms with E-state index in [4.69, 9.17) is 10.2 Å². The molecular formula is C22H44O4. The van der Waals surface area contributed by atoms with Gasteiger partial charge in [-0.05, 0) is 19.3 Å². The molecule has 0 unspecified atom stereocenters. The lowest BCUT2D eigenvalue weighted by Gasteiger charge is -2.02. The molecule has 0 aromatic heterocycles. The SMILES string of the molecule is CCC(CC)C(=O)O.CCCCCCCCCCCCCCCC(=O)O. The lowest BCUT2D eigenvalue weighted by molar-refractivity contribution is -0.142. The molecule has 4 heteroatoms. The van der Waals surface area contributed by atoms with E-state index in [1.54, 1.807) is 0 Å². The van der Waals surface area contributed by atoms with Gasteiger partial charge in [0.05, 0.1) is 5.92 Å². The van der Waals surface area contributed by atoms with Crippen molar-refractivity contribution in [2.45, 2.75) is 124 Å². The molecule has 0 saturated carbocycles. The van der Waals surface area contributed by atoms with E-state index < -0.39 is 11.9 Å². The molecule has 0 saturated heterocycles. The molecule has 0 amide bonds. The van der Waals surface area contributed by atoms with Crippen LogP contribution in [0.15, 0.2) is 0 Å². The summed E-state index contributed by atoms with van der Waals surface area (Å²) in [4.78, 5) is 20.5. The lowest BCUT2D eigenvalue weighted by Crippen LogP contribution is -2.10. The lowest BCUT2D eigenvalue weighted by atomic mass is 10.0. The smallest absolute Gasteiger partial charge is 0.306 e. The van der Waals surface area contributed by atoms with Crippen LogP contribution in [0.4, 0.5) is 0 Å². The van der Waals surface area contributed by atoms with E-state index in [1.165, 1.54) is 70.6 Å². The Kier molecular flexibility index (Phi) is 23.0. The van der Waals surface area contributed by atoms with Crippen molar-refractivity contribution in [3.05, 3.63) is 0 Å². The normalized spacial score (nSPS) is 10.5. The Balaban J connectivity index is 0. The highest BCUT2D eigenvalue weighted by molar-refractivity contribution is 5.69. The predicted octanol–water partition coefficient (Wildman–Crippen LogP) is 7.06. The van der Waals surface area contributed by atoms with Crippen LogP contribution in [0.25, 0.3) is 0 Å². The zero-order chi connectivity index (χ0) is 20.0. The van der Waals surface area contributed by atoms with Gasteiger partial charge in [0.25, 0.3) is 0 Å². The minimum Gasteiger partial charge on any atom is -0.481 e. The van der Waals surface area contributed by atoms with Gasteiger partial charge in [0.15, 0.2) is 0 Å². The molecule has 156 valence electrons. The number of unbranched alkanes of at least 4 members (excludes halogenated alkanes) is 12. The summed E-state index contributed by atoms with van der Waals surface area (Å²) in [6.07, 6.45) is 18.8. The van der Waals surface area contributed by atoms with Crippen LogP contribution in [0.3, 0.4) is 0 Å². The van der Waals surface area contributed by atoms with Crippen LogP contribution in [0.2, 0.25) is 0 Å². The molecule has 0 atom stereocenters. The van der Waals surface area contributed by atoms with Gasteiger partial charge in [-0.3, -0.25) is 9.59 Å². The number of carboxylic acid groups (broad SMARTS) is 2. The molecule has 0 aliphatic carbocycles. The van der Waals surface area contributed by atoms with Gasteiger partial charge in [-0.15, -0.1) is 0 Å². The summed E-state index contributed by atoms with van der Waals surface area (Å²) in [7, 11) is 0. The first-order chi connectivity index (χ1) is 12.5. The Labute approximate surface area is 161 Å².